The van der Waals surface area contributed by atoms with Crippen molar-refractivity contribution in [2.75, 3.05) is 31.5 Å². The summed E-state index contributed by atoms with van der Waals surface area (Å²) in [6, 6.07) is 11.2. The number of halogens is 2. The number of piperidine rings is 1. The fraction of sp³-hybridized carbons (Fsp3) is 0.394. The second-order valence-electron chi connectivity index (χ2n) is 11.8. The summed E-state index contributed by atoms with van der Waals surface area (Å²) in [5, 5.41) is 3.88. The summed E-state index contributed by atoms with van der Waals surface area (Å²) in [6.07, 6.45) is 6.84. The van der Waals surface area contributed by atoms with E-state index < -0.39 is 10.8 Å². The second-order valence-corrected chi connectivity index (χ2v) is 14.2. The van der Waals surface area contributed by atoms with Crippen LogP contribution in [0.1, 0.15) is 59.3 Å². The van der Waals surface area contributed by atoms with Crippen molar-refractivity contribution < 1.29 is 13.8 Å². The normalized spacial score (nSPS) is 19.2. The lowest BCUT2D eigenvalue weighted by molar-refractivity contribution is -0.132. The SMILES string of the molecule is Cc1[nH]c(C=C2C(=O)Nc3ccc([SH+](=O)Cc4c(Cl)cccc4Cl)cc32)c(C)c1CC(=O)N1CCC(N2CCCC2)CC1. The lowest BCUT2D eigenvalue weighted by atomic mass is 10.0. The van der Waals surface area contributed by atoms with Crippen molar-refractivity contribution >= 4 is 63.2 Å². The lowest BCUT2D eigenvalue weighted by Gasteiger charge is -2.36. The highest BCUT2D eigenvalue weighted by Crippen LogP contribution is 2.36. The zero-order chi connectivity index (χ0) is 30.2. The first-order valence-corrected chi connectivity index (χ1v) is 17.1. The number of fused-ring (bicyclic) bond motifs is 1. The molecule has 4 heterocycles. The van der Waals surface area contributed by atoms with E-state index in [1.54, 1.807) is 30.3 Å². The Balaban J connectivity index is 1.18. The molecule has 1 atom stereocenters. The molecule has 2 saturated heterocycles. The van der Waals surface area contributed by atoms with Crippen molar-refractivity contribution in [1.82, 2.24) is 14.8 Å². The molecule has 2 amide bonds. The zero-order valence-electron chi connectivity index (χ0n) is 24.5. The predicted molar refractivity (Wildman–Crippen MR) is 175 cm³/mol. The topological polar surface area (TPSA) is 85.5 Å². The minimum Gasteiger partial charge on any atom is -0.359 e. The average molecular weight is 641 g/mol. The van der Waals surface area contributed by atoms with E-state index in [9.17, 15) is 13.8 Å². The van der Waals surface area contributed by atoms with E-state index in [-0.39, 0.29) is 17.6 Å². The summed E-state index contributed by atoms with van der Waals surface area (Å²) in [7, 11) is -1.85. The van der Waals surface area contributed by atoms with Gasteiger partial charge in [-0.15, -0.1) is 4.21 Å². The summed E-state index contributed by atoms with van der Waals surface area (Å²) in [5.41, 5.74) is 6.16. The minimum absolute atomic E-state index is 0.153. The van der Waals surface area contributed by atoms with E-state index in [2.05, 4.69) is 15.2 Å². The van der Waals surface area contributed by atoms with Crippen LogP contribution in [0.25, 0.3) is 11.6 Å². The van der Waals surface area contributed by atoms with E-state index in [1.165, 1.54) is 25.9 Å². The van der Waals surface area contributed by atoms with Gasteiger partial charge in [0.1, 0.15) is 16.6 Å². The van der Waals surface area contributed by atoms with Crippen LogP contribution in [0.3, 0.4) is 0 Å². The number of thiol groups is 1. The fourth-order valence-electron chi connectivity index (χ4n) is 6.61. The Hall–Kier alpha value is -2.91. The monoisotopic (exact) mass is 639 g/mol. The third-order valence-corrected chi connectivity index (χ3v) is 11.3. The number of likely N-dealkylation sites (tertiary alicyclic amines) is 2. The van der Waals surface area contributed by atoms with Gasteiger partial charge in [0.2, 0.25) is 5.91 Å². The molecule has 6 rings (SSSR count). The number of nitrogens with zero attached hydrogens (tertiary/aromatic N) is 2. The van der Waals surface area contributed by atoms with Crippen LogP contribution >= 0.6 is 23.2 Å². The largest absolute Gasteiger partial charge is 0.359 e. The molecule has 1 aromatic heterocycles. The highest BCUT2D eigenvalue weighted by Gasteiger charge is 2.30. The summed E-state index contributed by atoms with van der Waals surface area (Å²) >= 11 is 12.6. The van der Waals surface area contributed by atoms with E-state index in [0.29, 0.717) is 49.8 Å². The number of H-pyrrole nitrogens is 1. The molecule has 3 aromatic rings. The van der Waals surface area contributed by atoms with Gasteiger partial charge >= 0.3 is 0 Å². The molecular formula is C33H37Cl2N4O3S+. The first kappa shape index (κ1) is 30.1. The van der Waals surface area contributed by atoms with E-state index in [4.69, 9.17) is 23.2 Å². The maximum atomic E-state index is 13.3. The maximum absolute atomic E-state index is 13.3. The van der Waals surface area contributed by atoms with Crippen LogP contribution in [0.2, 0.25) is 10.0 Å². The number of anilines is 1. The van der Waals surface area contributed by atoms with Crippen molar-refractivity contribution in [3.8, 4) is 0 Å². The molecular weight excluding hydrogens is 603 g/mol. The van der Waals surface area contributed by atoms with Gasteiger partial charge in [0, 0.05) is 63.4 Å². The number of hydrogen-bond acceptors (Lipinski definition) is 4. The number of benzene rings is 2. The number of carbonyl (C=O) groups is 2. The Morgan fingerprint density at radius 1 is 1.02 bits per heavy atom. The van der Waals surface area contributed by atoms with Crippen molar-refractivity contribution in [3.63, 3.8) is 0 Å². The Morgan fingerprint density at radius 2 is 1.72 bits per heavy atom. The molecule has 1 unspecified atom stereocenters. The van der Waals surface area contributed by atoms with Crippen molar-refractivity contribution in [2.24, 2.45) is 0 Å². The number of carbonyl (C=O) groups excluding carboxylic acids is 2. The van der Waals surface area contributed by atoms with Crippen LogP contribution < -0.4 is 5.32 Å². The van der Waals surface area contributed by atoms with Crippen LogP contribution in [-0.4, -0.2) is 58.8 Å². The molecule has 7 nitrogen and oxygen atoms in total. The molecule has 0 saturated carbocycles. The summed E-state index contributed by atoms with van der Waals surface area (Å²) < 4.78 is 13.3. The Kier molecular flexibility index (Phi) is 8.83. The lowest BCUT2D eigenvalue weighted by Crippen LogP contribution is -2.46. The molecule has 0 radical (unpaired) electrons. The molecule has 43 heavy (non-hydrogen) atoms. The van der Waals surface area contributed by atoms with Crippen molar-refractivity contribution in [2.45, 2.75) is 62.6 Å². The van der Waals surface area contributed by atoms with Gasteiger partial charge < -0.3 is 20.1 Å². The number of nitrogens with one attached hydrogen (secondary N) is 2. The Morgan fingerprint density at radius 3 is 2.42 bits per heavy atom. The van der Waals surface area contributed by atoms with Crippen molar-refractivity contribution in [3.05, 3.63) is 80.1 Å². The Labute approximate surface area is 265 Å². The third kappa shape index (κ3) is 6.21. The predicted octanol–water partition coefficient (Wildman–Crippen LogP) is 6.32. The van der Waals surface area contributed by atoms with Crippen LogP contribution in [0.15, 0.2) is 41.3 Å². The van der Waals surface area contributed by atoms with Gasteiger partial charge in [0.25, 0.3) is 5.91 Å². The first-order valence-electron chi connectivity index (χ1n) is 14.9. The molecule has 2 fully saturated rings. The molecule has 3 aliphatic rings. The first-order chi connectivity index (χ1) is 20.7. The van der Waals surface area contributed by atoms with Gasteiger partial charge in [-0.3, -0.25) is 9.59 Å². The van der Waals surface area contributed by atoms with Gasteiger partial charge in [0.15, 0.2) is 4.90 Å². The number of rotatable bonds is 7. The van der Waals surface area contributed by atoms with E-state index >= 15 is 0 Å². The molecule has 0 spiro atoms. The van der Waals surface area contributed by atoms with Gasteiger partial charge in [-0.2, -0.15) is 0 Å². The quantitative estimate of drug-likeness (QED) is 0.180. The molecule has 2 N–H and O–H groups in total. The molecule has 0 aliphatic carbocycles. The number of aryl methyl sites for hydroxylation is 1. The van der Waals surface area contributed by atoms with Crippen LogP contribution in [0, 0.1) is 13.8 Å². The zero-order valence-corrected chi connectivity index (χ0v) is 26.9. The number of amides is 2. The van der Waals surface area contributed by atoms with Gasteiger partial charge in [0.05, 0.1) is 12.0 Å². The van der Waals surface area contributed by atoms with Gasteiger partial charge in [-0.1, -0.05) is 29.3 Å². The molecule has 226 valence electrons. The van der Waals surface area contributed by atoms with Crippen LogP contribution in [-0.2, 0) is 36.8 Å². The number of aromatic amines is 1. The van der Waals surface area contributed by atoms with E-state index in [0.717, 1.165) is 48.4 Å². The summed E-state index contributed by atoms with van der Waals surface area (Å²) in [5.74, 6) is 0.136. The van der Waals surface area contributed by atoms with Gasteiger partial charge in [-0.25, -0.2) is 0 Å². The molecule has 2 aromatic carbocycles. The van der Waals surface area contributed by atoms with Crippen molar-refractivity contribution in [1.29, 1.82) is 0 Å². The average Bonchev–Trinajstić information content (AvgIpc) is 3.70. The molecule has 10 heteroatoms. The molecule has 3 aliphatic heterocycles. The highest BCUT2D eigenvalue weighted by molar-refractivity contribution is 7.84. The molecule has 0 bridgehead atoms. The highest BCUT2D eigenvalue weighted by atomic mass is 35.5. The van der Waals surface area contributed by atoms with Gasteiger partial charge in [-0.05, 0) is 94.1 Å². The third-order valence-electron chi connectivity index (χ3n) is 9.16. The number of hydrogen-bond donors (Lipinski definition) is 2. The Bertz CT molecular complexity index is 1610. The van der Waals surface area contributed by atoms with Crippen LogP contribution in [0.5, 0.6) is 0 Å². The second kappa shape index (κ2) is 12.6. The number of aromatic nitrogens is 1. The fourth-order valence-corrected chi connectivity index (χ4v) is 8.65. The summed E-state index contributed by atoms with van der Waals surface area (Å²) in [4.78, 5) is 35.0. The minimum atomic E-state index is -1.85. The van der Waals surface area contributed by atoms with Crippen LogP contribution in [0.4, 0.5) is 5.69 Å². The maximum Gasteiger partial charge on any atom is 0.256 e. The van der Waals surface area contributed by atoms with E-state index in [1.807, 2.05) is 30.9 Å². The summed E-state index contributed by atoms with van der Waals surface area (Å²) in [6.45, 7) is 7.97. The smallest absolute Gasteiger partial charge is 0.256 e. The standard InChI is InChI=1S/C33H36Cl2N4O3S/c1-20-24(18-32(40)39-14-10-22(11-15-39)38-12-3-4-13-38)21(2)36-31(20)17-26-25-16-23(8-9-30(25)37-33(26)41)43(42)19-27-28(34)6-5-7-29(27)35/h5-9,16-17,22,36H,3-4,10-15,18-19H2,1-2H3,(H,37,41)/p+1.